The number of aryl methyl sites for hydroxylation is 2. The Bertz CT molecular complexity index is 632. The molecule has 22 heavy (non-hydrogen) atoms. The first-order chi connectivity index (χ1) is 10.6. The summed E-state index contributed by atoms with van der Waals surface area (Å²) in [5, 5.41) is 7.54. The lowest BCUT2D eigenvalue weighted by atomic mass is 10.2. The second kappa shape index (κ2) is 7.89. The Morgan fingerprint density at radius 2 is 2.14 bits per heavy atom. The molecule has 2 rings (SSSR count). The van der Waals surface area contributed by atoms with E-state index in [0.717, 1.165) is 29.2 Å². The zero-order chi connectivity index (χ0) is 15.9. The molecule has 0 aliphatic heterocycles. The van der Waals surface area contributed by atoms with Crippen LogP contribution in [-0.4, -0.2) is 24.5 Å². The number of nitrogens with zero attached hydrogens (tertiary/aromatic N) is 2. The molecule has 0 radical (unpaired) electrons. The number of hydrogen-bond donors (Lipinski definition) is 2. The lowest BCUT2D eigenvalue weighted by molar-refractivity contribution is 0.624. The molecule has 4 nitrogen and oxygen atoms in total. The van der Waals surface area contributed by atoms with E-state index in [0.29, 0.717) is 12.5 Å². The highest BCUT2D eigenvalue weighted by atomic mass is 32.1. The first-order valence-electron chi connectivity index (χ1n) is 7.20. The number of guanidine groups is 1. The Balaban J connectivity index is 1.78. The molecule has 0 saturated carbocycles. The highest BCUT2D eigenvalue weighted by Crippen LogP contribution is 2.16. The maximum Gasteiger partial charge on any atom is 0.191 e. The summed E-state index contributed by atoms with van der Waals surface area (Å²) in [6.07, 6.45) is 0.861. The standard InChI is InChI=1S/C16H21FN4S/c1-11-12(2)22-15(21-11)7-8-19-16(18-3)20-10-13-5-4-6-14(17)9-13/h4-6,9H,7-8,10H2,1-3H3,(H2,18,19,20). The predicted molar refractivity (Wildman–Crippen MR) is 89.9 cm³/mol. The summed E-state index contributed by atoms with van der Waals surface area (Å²) < 4.78 is 13.1. The Hall–Kier alpha value is -1.95. The van der Waals surface area contributed by atoms with Crippen LogP contribution in [-0.2, 0) is 13.0 Å². The third-order valence-electron chi connectivity index (χ3n) is 3.28. The van der Waals surface area contributed by atoms with Crippen molar-refractivity contribution in [1.82, 2.24) is 15.6 Å². The molecule has 0 unspecified atom stereocenters. The maximum absolute atomic E-state index is 13.1. The maximum atomic E-state index is 13.1. The van der Waals surface area contributed by atoms with Crippen molar-refractivity contribution in [3.05, 3.63) is 51.2 Å². The monoisotopic (exact) mass is 320 g/mol. The highest BCUT2D eigenvalue weighted by Gasteiger charge is 2.04. The Morgan fingerprint density at radius 1 is 1.32 bits per heavy atom. The van der Waals surface area contributed by atoms with Gasteiger partial charge in [-0.15, -0.1) is 11.3 Å². The summed E-state index contributed by atoms with van der Waals surface area (Å²) in [5.41, 5.74) is 1.99. The lowest BCUT2D eigenvalue weighted by Gasteiger charge is -2.11. The van der Waals surface area contributed by atoms with Gasteiger partial charge in [0.2, 0.25) is 0 Å². The van der Waals surface area contributed by atoms with Crippen molar-refractivity contribution >= 4 is 17.3 Å². The lowest BCUT2D eigenvalue weighted by Crippen LogP contribution is -2.37. The molecule has 2 N–H and O–H groups in total. The summed E-state index contributed by atoms with van der Waals surface area (Å²) >= 11 is 1.73. The molecular formula is C16H21FN4S. The largest absolute Gasteiger partial charge is 0.356 e. The fourth-order valence-corrected chi connectivity index (χ4v) is 2.92. The van der Waals surface area contributed by atoms with Crippen molar-refractivity contribution in [3.63, 3.8) is 0 Å². The number of hydrogen-bond acceptors (Lipinski definition) is 3. The van der Waals surface area contributed by atoms with Crippen molar-refractivity contribution in [2.45, 2.75) is 26.8 Å². The van der Waals surface area contributed by atoms with E-state index in [-0.39, 0.29) is 5.82 Å². The summed E-state index contributed by atoms with van der Waals surface area (Å²) in [6, 6.07) is 6.54. The van der Waals surface area contributed by atoms with Crippen LogP contribution in [0.15, 0.2) is 29.3 Å². The van der Waals surface area contributed by atoms with Crippen molar-refractivity contribution in [1.29, 1.82) is 0 Å². The quantitative estimate of drug-likeness (QED) is 0.658. The number of thiazole rings is 1. The zero-order valence-corrected chi connectivity index (χ0v) is 13.9. The van der Waals surface area contributed by atoms with E-state index < -0.39 is 0 Å². The van der Waals surface area contributed by atoms with Gasteiger partial charge in [-0.05, 0) is 31.5 Å². The summed E-state index contributed by atoms with van der Waals surface area (Å²) in [5.74, 6) is 0.478. The number of aromatic nitrogens is 1. The Morgan fingerprint density at radius 3 is 2.77 bits per heavy atom. The van der Waals surface area contributed by atoms with E-state index in [4.69, 9.17) is 0 Å². The molecule has 1 aromatic carbocycles. The van der Waals surface area contributed by atoms with Crippen molar-refractivity contribution in [2.24, 2.45) is 4.99 Å². The third-order valence-corrected chi connectivity index (χ3v) is 4.41. The smallest absolute Gasteiger partial charge is 0.191 e. The Labute approximate surface area is 134 Å². The second-order valence-corrected chi connectivity index (χ2v) is 6.27. The minimum Gasteiger partial charge on any atom is -0.356 e. The average Bonchev–Trinajstić information content (AvgIpc) is 2.81. The summed E-state index contributed by atoms with van der Waals surface area (Å²) in [7, 11) is 1.72. The molecule has 0 bridgehead atoms. The van der Waals surface area contributed by atoms with Gasteiger partial charge in [-0.25, -0.2) is 9.37 Å². The van der Waals surface area contributed by atoms with Crippen LogP contribution in [0.2, 0.25) is 0 Å². The van der Waals surface area contributed by atoms with Crippen LogP contribution in [0.5, 0.6) is 0 Å². The van der Waals surface area contributed by atoms with Gasteiger partial charge in [-0.2, -0.15) is 0 Å². The molecule has 0 aliphatic carbocycles. The molecule has 118 valence electrons. The van der Waals surface area contributed by atoms with E-state index in [1.165, 1.54) is 17.0 Å². The van der Waals surface area contributed by atoms with Gasteiger partial charge in [-0.1, -0.05) is 12.1 Å². The molecule has 0 spiro atoms. The first-order valence-corrected chi connectivity index (χ1v) is 8.02. The number of rotatable bonds is 5. The molecular weight excluding hydrogens is 299 g/mol. The summed E-state index contributed by atoms with van der Waals surface area (Å²) in [4.78, 5) is 9.94. The number of benzene rings is 1. The highest BCUT2D eigenvalue weighted by molar-refractivity contribution is 7.11. The van der Waals surface area contributed by atoms with Crippen LogP contribution in [0.1, 0.15) is 21.1 Å². The molecule has 0 atom stereocenters. The van der Waals surface area contributed by atoms with E-state index >= 15 is 0 Å². The normalized spacial score (nSPS) is 11.5. The van der Waals surface area contributed by atoms with Crippen LogP contribution < -0.4 is 10.6 Å². The van der Waals surface area contributed by atoms with E-state index in [2.05, 4.69) is 27.5 Å². The number of halogens is 1. The third kappa shape index (κ3) is 4.80. The minimum absolute atomic E-state index is 0.225. The Kier molecular flexibility index (Phi) is 5.89. The SMILES string of the molecule is CN=C(NCCc1nc(C)c(C)s1)NCc1cccc(F)c1. The second-order valence-electron chi connectivity index (χ2n) is 4.98. The van der Waals surface area contributed by atoms with Gasteiger partial charge < -0.3 is 10.6 Å². The number of nitrogens with one attached hydrogen (secondary N) is 2. The molecule has 6 heteroatoms. The minimum atomic E-state index is -0.225. The van der Waals surface area contributed by atoms with E-state index in [1.807, 2.05) is 13.0 Å². The zero-order valence-electron chi connectivity index (χ0n) is 13.1. The molecule has 1 heterocycles. The van der Waals surface area contributed by atoms with Crippen molar-refractivity contribution in [3.8, 4) is 0 Å². The predicted octanol–water partition coefficient (Wildman–Crippen LogP) is 2.81. The molecule has 0 fully saturated rings. The van der Waals surface area contributed by atoms with Crippen LogP contribution in [0.25, 0.3) is 0 Å². The van der Waals surface area contributed by atoms with Crippen LogP contribution >= 0.6 is 11.3 Å². The van der Waals surface area contributed by atoms with Gasteiger partial charge in [0.1, 0.15) is 5.82 Å². The van der Waals surface area contributed by atoms with Crippen LogP contribution in [0.4, 0.5) is 4.39 Å². The average molecular weight is 320 g/mol. The number of aliphatic imine (C=N–C) groups is 1. The molecule has 0 saturated heterocycles. The molecule has 0 aliphatic rings. The molecule has 1 aromatic heterocycles. The van der Waals surface area contributed by atoms with Gasteiger partial charge in [0.05, 0.1) is 10.7 Å². The van der Waals surface area contributed by atoms with Crippen LogP contribution in [0, 0.1) is 19.7 Å². The van der Waals surface area contributed by atoms with E-state index in [1.54, 1.807) is 24.5 Å². The van der Waals surface area contributed by atoms with Crippen molar-refractivity contribution in [2.75, 3.05) is 13.6 Å². The fourth-order valence-electron chi connectivity index (χ4n) is 1.99. The van der Waals surface area contributed by atoms with Crippen LogP contribution in [0.3, 0.4) is 0 Å². The van der Waals surface area contributed by atoms with Crippen molar-refractivity contribution < 1.29 is 4.39 Å². The van der Waals surface area contributed by atoms with Gasteiger partial charge >= 0.3 is 0 Å². The fraction of sp³-hybridized carbons (Fsp3) is 0.375. The molecule has 2 aromatic rings. The molecule has 0 amide bonds. The van der Waals surface area contributed by atoms with Gasteiger partial charge in [0.15, 0.2) is 5.96 Å². The van der Waals surface area contributed by atoms with E-state index in [9.17, 15) is 4.39 Å². The topological polar surface area (TPSA) is 49.3 Å². The van der Waals surface area contributed by atoms with Gasteiger partial charge in [-0.3, -0.25) is 4.99 Å². The summed E-state index contributed by atoms with van der Waals surface area (Å²) in [6.45, 7) is 5.41. The van der Waals surface area contributed by atoms with Gasteiger partial charge in [0.25, 0.3) is 0 Å². The first kappa shape index (κ1) is 16.4. The van der Waals surface area contributed by atoms with Gasteiger partial charge in [0, 0.05) is 31.4 Å².